The lowest BCUT2D eigenvalue weighted by molar-refractivity contribution is 0.0746. The van der Waals surface area contributed by atoms with Crippen molar-refractivity contribution in [1.29, 1.82) is 0 Å². The number of rotatable bonds is 4. The summed E-state index contributed by atoms with van der Waals surface area (Å²) in [7, 11) is -2.31. The number of hydrogen-bond acceptors (Lipinski definition) is 7. The van der Waals surface area contributed by atoms with E-state index in [0.29, 0.717) is 12.4 Å². The van der Waals surface area contributed by atoms with Crippen molar-refractivity contribution in [2.45, 2.75) is 44.9 Å². The van der Waals surface area contributed by atoms with Gasteiger partial charge in [-0.2, -0.15) is 8.42 Å². The molecule has 0 spiro atoms. The first-order valence-corrected chi connectivity index (χ1v) is 11.6. The van der Waals surface area contributed by atoms with Gasteiger partial charge in [-0.1, -0.05) is 18.6 Å². The van der Waals surface area contributed by atoms with Crippen LogP contribution in [0.15, 0.2) is 27.6 Å². The molecule has 0 radical (unpaired) electrons. The molecule has 0 bridgehead atoms. The molecule has 1 saturated heterocycles. The summed E-state index contributed by atoms with van der Waals surface area (Å²) in [5, 5.41) is 0. The van der Waals surface area contributed by atoms with E-state index in [4.69, 9.17) is 15.2 Å². The number of aliphatic imine (C=N–C) groups is 1. The molecular weight excluding hydrogens is 408 g/mol. The SMILES string of the molecule is CC(N=C1NS(=O)(=O)N=C(N)N1C)C1COc2c(CN3CCCCC3)cccc2O1. The highest BCUT2D eigenvalue weighted by Gasteiger charge is 2.31. The smallest absolute Gasteiger partial charge is 0.347 e. The third kappa shape index (κ3) is 4.46. The lowest BCUT2D eigenvalue weighted by Crippen LogP contribution is -2.53. The van der Waals surface area contributed by atoms with Crippen molar-refractivity contribution in [2.24, 2.45) is 15.1 Å². The molecule has 0 saturated carbocycles. The average Bonchev–Trinajstić information content (AvgIpc) is 2.72. The second-order valence-corrected chi connectivity index (χ2v) is 9.16. The van der Waals surface area contributed by atoms with Crippen LogP contribution in [0.2, 0.25) is 0 Å². The minimum atomic E-state index is -3.90. The molecule has 3 aliphatic rings. The summed E-state index contributed by atoms with van der Waals surface area (Å²) >= 11 is 0. The number of likely N-dealkylation sites (tertiary alicyclic amines) is 1. The summed E-state index contributed by atoms with van der Waals surface area (Å²) in [5.74, 6) is 1.42. The maximum atomic E-state index is 11.8. The summed E-state index contributed by atoms with van der Waals surface area (Å²) in [4.78, 5) is 8.28. The maximum absolute atomic E-state index is 11.8. The van der Waals surface area contributed by atoms with Gasteiger partial charge in [-0.3, -0.25) is 9.80 Å². The fraction of sp³-hybridized carbons (Fsp3) is 0.579. The van der Waals surface area contributed by atoms with Crippen molar-refractivity contribution in [2.75, 3.05) is 26.7 Å². The summed E-state index contributed by atoms with van der Waals surface area (Å²) in [6.07, 6.45) is 3.40. The number of nitrogens with zero attached hydrogens (tertiary/aromatic N) is 4. The molecule has 4 rings (SSSR count). The number of hydrogen-bond donors (Lipinski definition) is 2. The van der Waals surface area contributed by atoms with E-state index in [1.165, 1.54) is 24.2 Å². The van der Waals surface area contributed by atoms with Crippen molar-refractivity contribution in [3.05, 3.63) is 23.8 Å². The highest BCUT2D eigenvalue weighted by Crippen LogP contribution is 2.37. The van der Waals surface area contributed by atoms with Gasteiger partial charge in [-0.15, -0.1) is 4.40 Å². The number of benzene rings is 1. The molecule has 2 unspecified atom stereocenters. The molecule has 1 fully saturated rings. The minimum absolute atomic E-state index is 0.100. The number of para-hydroxylation sites is 1. The van der Waals surface area contributed by atoms with Gasteiger partial charge in [0.15, 0.2) is 17.6 Å². The van der Waals surface area contributed by atoms with E-state index in [-0.39, 0.29) is 24.1 Å². The summed E-state index contributed by atoms with van der Waals surface area (Å²) in [5.41, 5.74) is 6.79. The molecule has 0 amide bonds. The quantitative estimate of drug-likeness (QED) is 0.711. The van der Waals surface area contributed by atoms with Crippen LogP contribution in [0, 0.1) is 0 Å². The molecule has 30 heavy (non-hydrogen) atoms. The Morgan fingerprint density at radius 1 is 1.33 bits per heavy atom. The van der Waals surface area contributed by atoms with Crippen LogP contribution in [0.25, 0.3) is 0 Å². The zero-order valence-electron chi connectivity index (χ0n) is 17.2. The first kappa shape index (κ1) is 20.7. The molecule has 3 heterocycles. The Morgan fingerprint density at radius 3 is 2.87 bits per heavy atom. The molecule has 0 aliphatic carbocycles. The van der Waals surface area contributed by atoms with Crippen molar-refractivity contribution in [1.82, 2.24) is 14.5 Å². The van der Waals surface area contributed by atoms with Gasteiger partial charge in [0, 0.05) is 19.2 Å². The molecule has 0 aromatic heterocycles. The van der Waals surface area contributed by atoms with Gasteiger partial charge in [-0.25, -0.2) is 9.71 Å². The third-order valence-electron chi connectivity index (χ3n) is 5.53. The molecule has 3 aliphatic heterocycles. The zero-order valence-corrected chi connectivity index (χ0v) is 18.1. The van der Waals surface area contributed by atoms with Gasteiger partial charge in [0.05, 0.1) is 6.04 Å². The average molecular weight is 437 g/mol. The van der Waals surface area contributed by atoms with Crippen molar-refractivity contribution >= 4 is 22.1 Å². The molecular formula is C19H28N6O4S. The number of fused-ring (bicyclic) bond motifs is 1. The van der Waals surface area contributed by atoms with E-state index in [1.807, 2.05) is 19.1 Å². The maximum Gasteiger partial charge on any atom is 0.347 e. The van der Waals surface area contributed by atoms with Gasteiger partial charge < -0.3 is 15.2 Å². The predicted octanol–water partition coefficient (Wildman–Crippen LogP) is 0.651. The first-order valence-electron chi connectivity index (χ1n) is 10.2. The monoisotopic (exact) mass is 436 g/mol. The Bertz CT molecular complexity index is 958. The summed E-state index contributed by atoms with van der Waals surface area (Å²) in [6.45, 7) is 5.23. The largest absolute Gasteiger partial charge is 0.485 e. The fourth-order valence-electron chi connectivity index (χ4n) is 3.79. The summed E-state index contributed by atoms with van der Waals surface area (Å²) in [6, 6.07) is 5.56. The fourth-order valence-corrected chi connectivity index (χ4v) is 4.62. The first-order chi connectivity index (χ1) is 14.3. The topological polar surface area (TPSA) is 122 Å². The number of nitrogens with one attached hydrogen (secondary N) is 1. The molecule has 3 N–H and O–H groups in total. The Kier molecular flexibility index (Phi) is 5.74. The molecule has 11 heteroatoms. The lowest BCUT2D eigenvalue weighted by Gasteiger charge is -2.33. The molecule has 1 aromatic rings. The minimum Gasteiger partial charge on any atom is -0.485 e. The highest BCUT2D eigenvalue weighted by atomic mass is 32.2. The van der Waals surface area contributed by atoms with E-state index in [9.17, 15) is 8.42 Å². The van der Waals surface area contributed by atoms with Crippen molar-refractivity contribution in [3.8, 4) is 11.5 Å². The molecule has 1 aromatic carbocycles. The van der Waals surface area contributed by atoms with E-state index in [1.54, 1.807) is 7.05 Å². The van der Waals surface area contributed by atoms with Gasteiger partial charge in [0.25, 0.3) is 0 Å². The second kappa shape index (κ2) is 8.31. The van der Waals surface area contributed by atoms with Gasteiger partial charge >= 0.3 is 10.2 Å². The molecule has 2 atom stereocenters. The van der Waals surface area contributed by atoms with Crippen LogP contribution in [-0.2, 0) is 16.8 Å². The Balaban J connectivity index is 1.48. The predicted molar refractivity (Wildman–Crippen MR) is 114 cm³/mol. The van der Waals surface area contributed by atoms with Crippen LogP contribution >= 0.6 is 0 Å². The van der Waals surface area contributed by atoms with Gasteiger partial charge in [0.1, 0.15) is 6.61 Å². The van der Waals surface area contributed by atoms with Crippen LogP contribution < -0.4 is 19.9 Å². The molecule has 10 nitrogen and oxygen atoms in total. The number of ether oxygens (including phenoxy) is 2. The Labute approximate surface area is 176 Å². The van der Waals surface area contributed by atoms with E-state index in [0.717, 1.165) is 30.9 Å². The standard InChI is InChI=1S/C19H28N6O4S/c1-13(21-19-23-30(26,27)22-18(20)24(19)2)16-12-28-17-14(7-6-8-15(17)29-16)11-25-9-4-3-5-10-25/h6-8,13,16H,3-5,9-12H2,1-2H3,(H2,20,22)(H,21,23). The third-order valence-corrected chi connectivity index (χ3v) is 6.40. The van der Waals surface area contributed by atoms with Crippen LogP contribution in [-0.4, -0.2) is 69.0 Å². The Hall–Kier alpha value is -2.53. The van der Waals surface area contributed by atoms with Crippen LogP contribution in [0.1, 0.15) is 31.7 Å². The summed E-state index contributed by atoms with van der Waals surface area (Å²) < 4.78 is 41.5. The number of piperidine rings is 1. The zero-order chi connectivity index (χ0) is 21.3. The van der Waals surface area contributed by atoms with E-state index >= 15 is 0 Å². The van der Waals surface area contributed by atoms with Crippen LogP contribution in [0.3, 0.4) is 0 Å². The van der Waals surface area contributed by atoms with E-state index < -0.39 is 10.2 Å². The lowest BCUT2D eigenvalue weighted by atomic mass is 10.1. The van der Waals surface area contributed by atoms with Crippen LogP contribution in [0.5, 0.6) is 11.5 Å². The Morgan fingerprint density at radius 2 is 2.10 bits per heavy atom. The van der Waals surface area contributed by atoms with Crippen LogP contribution in [0.4, 0.5) is 0 Å². The number of guanidine groups is 2. The number of nitrogens with two attached hydrogens (primary N) is 1. The van der Waals surface area contributed by atoms with Crippen molar-refractivity contribution in [3.63, 3.8) is 0 Å². The van der Waals surface area contributed by atoms with Gasteiger partial charge in [-0.05, 0) is 38.9 Å². The van der Waals surface area contributed by atoms with Gasteiger partial charge in [0.2, 0.25) is 11.9 Å². The second-order valence-electron chi connectivity index (χ2n) is 7.83. The van der Waals surface area contributed by atoms with E-state index in [2.05, 4.69) is 25.1 Å². The molecule has 164 valence electrons. The highest BCUT2D eigenvalue weighted by molar-refractivity contribution is 7.89. The van der Waals surface area contributed by atoms with Crippen molar-refractivity contribution < 1.29 is 17.9 Å². The normalized spacial score (nSPS) is 26.1.